The van der Waals surface area contributed by atoms with Gasteiger partial charge in [0.2, 0.25) is 0 Å². The van der Waals surface area contributed by atoms with Crippen LogP contribution in [0.5, 0.6) is 0 Å². The first kappa shape index (κ1) is 16.9. The highest BCUT2D eigenvalue weighted by atomic mass is 19.3. The monoisotopic (exact) mass is 381 g/mol. The number of nitrogens with one attached hydrogen (secondary N) is 1. The van der Waals surface area contributed by atoms with Crippen molar-refractivity contribution in [2.45, 2.75) is 24.2 Å². The summed E-state index contributed by atoms with van der Waals surface area (Å²) in [4.78, 5) is 4.04. The van der Waals surface area contributed by atoms with Gasteiger partial charge in [0.1, 0.15) is 5.82 Å². The van der Waals surface area contributed by atoms with Crippen LogP contribution in [-0.2, 0) is 5.41 Å². The van der Waals surface area contributed by atoms with Crippen LogP contribution in [0.3, 0.4) is 0 Å². The van der Waals surface area contributed by atoms with Gasteiger partial charge in [0.05, 0.1) is 34.2 Å². The Labute approximate surface area is 157 Å². The molecular weight excluding hydrogens is 367 g/mol. The van der Waals surface area contributed by atoms with E-state index in [2.05, 4.69) is 25.4 Å². The topological polar surface area (TPSA) is 67.3 Å². The average molecular weight is 381 g/mol. The predicted octanol–water partition coefficient (Wildman–Crippen LogP) is 4.27. The maximum atomic E-state index is 14.3. The molecule has 0 atom stereocenters. The van der Waals surface area contributed by atoms with Crippen molar-refractivity contribution < 1.29 is 13.2 Å². The maximum absolute atomic E-state index is 14.3. The van der Waals surface area contributed by atoms with Crippen molar-refractivity contribution in [3.8, 4) is 11.3 Å². The molecule has 0 spiro atoms. The van der Waals surface area contributed by atoms with Crippen molar-refractivity contribution in [3.05, 3.63) is 72.1 Å². The van der Waals surface area contributed by atoms with E-state index in [9.17, 15) is 13.2 Å². The zero-order valence-corrected chi connectivity index (χ0v) is 14.5. The molecule has 0 saturated heterocycles. The second kappa shape index (κ2) is 5.85. The van der Waals surface area contributed by atoms with Crippen molar-refractivity contribution >= 4 is 10.9 Å². The molecule has 4 aromatic rings. The van der Waals surface area contributed by atoms with Crippen molar-refractivity contribution in [1.29, 1.82) is 0 Å². The van der Waals surface area contributed by atoms with Crippen molar-refractivity contribution in [2.24, 2.45) is 0 Å². The molecule has 5 rings (SSSR count). The fraction of sp³-hybridized carbons (Fsp3) is 0.200. The zero-order chi connectivity index (χ0) is 19.4. The number of H-pyrrole nitrogens is 1. The number of benzene rings is 1. The number of rotatable bonds is 3. The van der Waals surface area contributed by atoms with Crippen LogP contribution in [0.4, 0.5) is 13.2 Å². The molecule has 1 aliphatic carbocycles. The second-order valence-electron chi connectivity index (χ2n) is 7.10. The van der Waals surface area contributed by atoms with Crippen molar-refractivity contribution in [1.82, 2.24) is 25.4 Å². The smallest absolute Gasteiger partial charge is 0.250 e. The summed E-state index contributed by atoms with van der Waals surface area (Å²) >= 11 is 0. The molecule has 0 radical (unpaired) electrons. The minimum Gasteiger partial charge on any atom is -0.278 e. The van der Waals surface area contributed by atoms with E-state index in [1.165, 1.54) is 18.3 Å². The Morgan fingerprint density at radius 1 is 1.00 bits per heavy atom. The molecule has 1 N–H and O–H groups in total. The molecule has 8 heteroatoms. The first-order valence-electron chi connectivity index (χ1n) is 8.73. The van der Waals surface area contributed by atoms with Crippen molar-refractivity contribution in [2.75, 3.05) is 0 Å². The summed E-state index contributed by atoms with van der Waals surface area (Å²) in [5.41, 5.74) is 1.33. The number of aromatic nitrogens is 5. The number of hydrogen-bond donors (Lipinski definition) is 1. The Kier molecular flexibility index (Phi) is 3.52. The number of pyridine rings is 1. The van der Waals surface area contributed by atoms with Crippen LogP contribution in [0.2, 0.25) is 0 Å². The van der Waals surface area contributed by atoms with E-state index in [1.54, 1.807) is 18.3 Å². The van der Waals surface area contributed by atoms with E-state index in [0.29, 0.717) is 11.4 Å². The van der Waals surface area contributed by atoms with Gasteiger partial charge in [-0.25, -0.2) is 13.2 Å². The van der Waals surface area contributed by atoms with E-state index < -0.39 is 30.0 Å². The van der Waals surface area contributed by atoms with Gasteiger partial charge in [-0.3, -0.25) is 10.1 Å². The third-order valence-electron chi connectivity index (χ3n) is 5.22. The van der Waals surface area contributed by atoms with E-state index in [0.717, 1.165) is 16.5 Å². The van der Waals surface area contributed by atoms with E-state index in [4.69, 9.17) is 0 Å². The van der Waals surface area contributed by atoms with Crippen LogP contribution >= 0.6 is 0 Å². The molecule has 0 bridgehead atoms. The van der Waals surface area contributed by atoms with E-state index in [1.807, 2.05) is 18.2 Å². The van der Waals surface area contributed by atoms with Gasteiger partial charge in [-0.1, -0.05) is 6.07 Å². The van der Waals surface area contributed by atoms with E-state index in [-0.39, 0.29) is 5.69 Å². The summed E-state index contributed by atoms with van der Waals surface area (Å²) in [6.45, 7) is 0. The molecule has 3 heterocycles. The summed E-state index contributed by atoms with van der Waals surface area (Å²) in [5.74, 6) is -3.49. The minimum absolute atomic E-state index is 0.0113. The van der Waals surface area contributed by atoms with Crippen LogP contribution in [0.1, 0.15) is 24.2 Å². The molecule has 1 aromatic carbocycles. The lowest BCUT2D eigenvalue weighted by molar-refractivity contribution is -0.117. The second-order valence-corrected chi connectivity index (χ2v) is 7.10. The van der Waals surface area contributed by atoms with Crippen LogP contribution in [0, 0.1) is 5.82 Å². The predicted molar refractivity (Wildman–Crippen MR) is 96.3 cm³/mol. The Bertz CT molecular complexity index is 1160. The van der Waals surface area contributed by atoms with Crippen LogP contribution < -0.4 is 0 Å². The van der Waals surface area contributed by atoms with Gasteiger partial charge in [0.15, 0.2) is 0 Å². The molecule has 1 aliphatic rings. The summed E-state index contributed by atoms with van der Waals surface area (Å²) in [5, 5.41) is 16.2. The first-order valence-corrected chi connectivity index (χ1v) is 8.73. The zero-order valence-electron chi connectivity index (χ0n) is 14.5. The van der Waals surface area contributed by atoms with Gasteiger partial charge in [-0.15, -0.1) is 0 Å². The summed E-state index contributed by atoms with van der Waals surface area (Å²) < 4.78 is 41.9. The summed E-state index contributed by atoms with van der Waals surface area (Å²) in [6.07, 6.45) is 2.03. The van der Waals surface area contributed by atoms with Crippen molar-refractivity contribution in [3.63, 3.8) is 0 Å². The Morgan fingerprint density at radius 2 is 1.86 bits per heavy atom. The molecule has 1 saturated carbocycles. The summed E-state index contributed by atoms with van der Waals surface area (Å²) in [7, 11) is 0. The van der Waals surface area contributed by atoms with Gasteiger partial charge in [-0.05, 0) is 36.4 Å². The lowest BCUT2D eigenvalue weighted by atomic mass is 9.61. The number of halogens is 3. The highest BCUT2D eigenvalue weighted by Gasteiger charge is 2.61. The lowest BCUT2D eigenvalue weighted by Crippen LogP contribution is -2.51. The van der Waals surface area contributed by atoms with Gasteiger partial charge in [0.25, 0.3) is 5.92 Å². The SMILES string of the molecule is Fc1cccnc1C1(c2ccc(-c3ccc4[nH]ncc4c3)nn2)CC(F)(F)C1. The quantitative estimate of drug-likeness (QED) is 0.576. The fourth-order valence-corrected chi connectivity index (χ4v) is 3.88. The number of fused-ring (bicyclic) bond motifs is 1. The molecule has 28 heavy (non-hydrogen) atoms. The van der Waals surface area contributed by atoms with Crippen LogP contribution in [-0.4, -0.2) is 31.3 Å². The fourth-order valence-electron chi connectivity index (χ4n) is 3.88. The van der Waals surface area contributed by atoms with Gasteiger partial charge in [0, 0.05) is 30.0 Å². The van der Waals surface area contributed by atoms with Crippen LogP contribution in [0.25, 0.3) is 22.2 Å². The largest absolute Gasteiger partial charge is 0.278 e. The Hall–Kier alpha value is -3.29. The lowest BCUT2D eigenvalue weighted by Gasteiger charge is -2.46. The molecule has 1 fully saturated rings. The van der Waals surface area contributed by atoms with Gasteiger partial charge < -0.3 is 0 Å². The molecule has 0 aliphatic heterocycles. The van der Waals surface area contributed by atoms with Gasteiger partial charge >= 0.3 is 0 Å². The third-order valence-corrected chi connectivity index (χ3v) is 5.22. The Morgan fingerprint density at radius 3 is 2.57 bits per heavy atom. The average Bonchev–Trinajstić information content (AvgIpc) is 3.14. The first-order chi connectivity index (χ1) is 13.5. The number of hydrogen-bond acceptors (Lipinski definition) is 4. The number of nitrogens with zero attached hydrogens (tertiary/aromatic N) is 4. The Balaban J connectivity index is 1.55. The highest BCUT2D eigenvalue weighted by molar-refractivity contribution is 5.83. The standard InChI is InChI=1S/C20H14F3N5/c21-14-2-1-7-24-18(14)19(10-20(22,23)11-19)17-6-5-15(27-28-17)12-3-4-16-13(8-12)9-25-26-16/h1-9H,10-11H2,(H,25,26). The molecule has 3 aromatic heterocycles. The minimum atomic E-state index is -2.88. The molecule has 5 nitrogen and oxygen atoms in total. The number of alkyl halides is 2. The third kappa shape index (κ3) is 2.56. The van der Waals surface area contributed by atoms with Crippen LogP contribution in [0.15, 0.2) is 54.9 Å². The highest BCUT2D eigenvalue weighted by Crippen LogP contribution is 2.56. The number of aromatic amines is 1. The normalized spacial score (nSPS) is 17.4. The molecule has 0 amide bonds. The molecule has 140 valence electrons. The molecule has 0 unspecified atom stereocenters. The maximum Gasteiger partial charge on any atom is 0.250 e. The molecular formula is C20H14F3N5. The van der Waals surface area contributed by atoms with E-state index >= 15 is 0 Å². The van der Waals surface area contributed by atoms with Gasteiger partial charge in [-0.2, -0.15) is 15.3 Å². The summed E-state index contributed by atoms with van der Waals surface area (Å²) in [6, 6.07) is 11.7.